The Balaban J connectivity index is 2.59. The summed E-state index contributed by atoms with van der Waals surface area (Å²) < 4.78 is 6.26. The van der Waals surface area contributed by atoms with Gasteiger partial charge in [0.25, 0.3) is 5.56 Å². The van der Waals surface area contributed by atoms with Gasteiger partial charge in [-0.2, -0.15) is 5.10 Å². The second-order valence-electron chi connectivity index (χ2n) is 4.52. The number of amides is 1. The molecule has 106 valence electrons. The van der Waals surface area contributed by atoms with Gasteiger partial charge >= 0.3 is 0 Å². The van der Waals surface area contributed by atoms with Crippen molar-refractivity contribution in [2.24, 2.45) is 11.7 Å². The Morgan fingerprint density at radius 3 is 2.89 bits per heavy atom. The Bertz CT molecular complexity index is 470. The molecule has 1 aromatic rings. The van der Waals surface area contributed by atoms with Crippen LogP contribution < -0.4 is 21.3 Å². The molecule has 0 aliphatic carbocycles. The molecule has 7 heteroatoms. The van der Waals surface area contributed by atoms with Crippen LogP contribution in [0.3, 0.4) is 0 Å². The summed E-state index contributed by atoms with van der Waals surface area (Å²) in [6.07, 6.45) is 1.40. The molecule has 0 saturated carbocycles. The lowest BCUT2D eigenvalue weighted by Crippen LogP contribution is -2.35. The lowest BCUT2D eigenvalue weighted by atomic mass is 10.2. The fraction of sp³-hybridized carbons (Fsp3) is 0.583. The highest BCUT2D eigenvalue weighted by atomic mass is 16.5. The average Bonchev–Trinajstić information content (AvgIpc) is 2.37. The first-order valence-electron chi connectivity index (χ1n) is 6.19. The van der Waals surface area contributed by atoms with Gasteiger partial charge in [-0.1, -0.05) is 13.8 Å². The van der Waals surface area contributed by atoms with Crippen LogP contribution in [0.4, 0.5) is 0 Å². The Labute approximate surface area is 111 Å². The minimum atomic E-state index is -0.380. The van der Waals surface area contributed by atoms with Gasteiger partial charge in [-0.25, -0.2) is 4.68 Å². The number of carbonyl (C=O) groups is 1. The molecule has 0 bridgehead atoms. The van der Waals surface area contributed by atoms with Gasteiger partial charge in [-0.15, -0.1) is 0 Å². The zero-order valence-corrected chi connectivity index (χ0v) is 11.3. The molecule has 1 rings (SSSR count). The molecule has 0 aliphatic heterocycles. The molecule has 0 aromatic carbocycles. The van der Waals surface area contributed by atoms with Crippen LogP contribution in [0.15, 0.2) is 17.1 Å². The molecule has 3 N–H and O–H groups in total. The van der Waals surface area contributed by atoms with Crippen molar-refractivity contribution >= 4 is 5.91 Å². The minimum absolute atomic E-state index is 0.0945. The van der Waals surface area contributed by atoms with E-state index in [-0.39, 0.29) is 18.0 Å². The van der Waals surface area contributed by atoms with Gasteiger partial charge < -0.3 is 15.8 Å². The maximum absolute atomic E-state index is 11.7. The van der Waals surface area contributed by atoms with E-state index in [1.165, 1.54) is 12.3 Å². The van der Waals surface area contributed by atoms with Gasteiger partial charge in [0, 0.05) is 19.2 Å². The largest absolute Gasteiger partial charge is 0.490 e. The van der Waals surface area contributed by atoms with Gasteiger partial charge in [0.2, 0.25) is 5.91 Å². The number of aromatic nitrogens is 2. The maximum Gasteiger partial charge on any atom is 0.270 e. The Morgan fingerprint density at radius 1 is 1.58 bits per heavy atom. The monoisotopic (exact) mass is 268 g/mol. The van der Waals surface area contributed by atoms with Crippen molar-refractivity contribution in [3.8, 4) is 5.75 Å². The van der Waals surface area contributed by atoms with Crippen LogP contribution in [0.2, 0.25) is 0 Å². The van der Waals surface area contributed by atoms with E-state index in [2.05, 4.69) is 10.4 Å². The molecule has 1 amide bonds. The number of rotatable bonds is 7. The van der Waals surface area contributed by atoms with E-state index < -0.39 is 0 Å². The summed E-state index contributed by atoms with van der Waals surface area (Å²) in [6.45, 7) is 5.15. The van der Waals surface area contributed by atoms with Crippen molar-refractivity contribution in [1.82, 2.24) is 15.1 Å². The molecule has 0 spiro atoms. The summed E-state index contributed by atoms with van der Waals surface area (Å²) in [5, 5.41) is 6.60. The average molecular weight is 268 g/mol. The van der Waals surface area contributed by atoms with E-state index in [0.29, 0.717) is 31.4 Å². The number of carbonyl (C=O) groups excluding carboxylic acids is 1. The van der Waals surface area contributed by atoms with Crippen LogP contribution in [0, 0.1) is 5.92 Å². The van der Waals surface area contributed by atoms with Crippen molar-refractivity contribution < 1.29 is 9.53 Å². The third kappa shape index (κ3) is 5.52. The van der Waals surface area contributed by atoms with E-state index in [4.69, 9.17) is 10.5 Å². The highest BCUT2D eigenvalue weighted by Crippen LogP contribution is 2.02. The van der Waals surface area contributed by atoms with E-state index in [9.17, 15) is 9.59 Å². The lowest BCUT2D eigenvalue weighted by molar-refractivity contribution is -0.122. The van der Waals surface area contributed by atoms with E-state index in [1.54, 1.807) is 0 Å². The van der Waals surface area contributed by atoms with Crippen LogP contribution in [0.25, 0.3) is 0 Å². The number of nitrogens with two attached hydrogens (primary N) is 1. The molecule has 0 fully saturated rings. The lowest BCUT2D eigenvalue weighted by Gasteiger charge is -2.09. The SMILES string of the molecule is CC(C)CNC(=O)Cn1ncc(OCCN)cc1=O. The first kappa shape index (κ1) is 15.2. The molecule has 7 nitrogen and oxygen atoms in total. The molecular formula is C12H20N4O3. The van der Waals surface area contributed by atoms with Crippen molar-refractivity contribution in [2.75, 3.05) is 19.7 Å². The molecule has 0 atom stereocenters. The summed E-state index contributed by atoms with van der Waals surface area (Å²) >= 11 is 0. The van der Waals surface area contributed by atoms with Crippen LogP contribution in [-0.2, 0) is 11.3 Å². The van der Waals surface area contributed by atoms with Gasteiger partial charge in [0.1, 0.15) is 18.9 Å². The number of hydrogen-bond acceptors (Lipinski definition) is 5. The molecule has 0 unspecified atom stereocenters. The van der Waals surface area contributed by atoms with Crippen molar-refractivity contribution in [2.45, 2.75) is 20.4 Å². The number of nitrogens with zero attached hydrogens (tertiary/aromatic N) is 2. The summed E-state index contributed by atoms with van der Waals surface area (Å²) in [5.74, 6) is 0.480. The smallest absolute Gasteiger partial charge is 0.270 e. The van der Waals surface area contributed by atoms with E-state index in [0.717, 1.165) is 4.68 Å². The van der Waals surface area contributed by atoms with Crippen LogP contribution >= 0.6 is 0 Å². The second kappa shape index (κ2) is 7.52. The normalized spacial score (nSPS) is 10.5. The molecule has 0 saturated heterocycles. The third-order valence-corrected chi connectivity index (χ3v) is 2.23. The fourth-order valence-electron chi connectivity index (χ4n) is 1.30. The molecule has 0 radical (unpaired) electrons. The van der Waals surface area contributed by atoms with E-state index in [1.807, 2.05) is 13.8 Å². The molecule has 1 heterocycles. The summed E-state index contributed by atoms with van der Waals surface area (Å²) in [4.78, 5) is 23.3. The van der Waals surface area contributed by atoms with Crippen molar-refractivity contribution in [1.29, 1.82) is 0 Å². The van der Waals surface area contributed by atoms with Gasteiger partial charge in [0.05, 0.1) is 6.20 Å². The Hall–Kier alpha value is -1.89. The zero-order chi connectivity index (χ0) is 14.3. The van der Waals surface area contributed by atoms with Crippen LogP contribution in [0.5, 0.6) is 5.75 Å². The minimum Gasteiger partial charge on any atom is -0.490 e. The zero-order valence-electron chi connectivity index (χ0n) is 11.3. The third-order valence-electron chi connectivity index (χ3n) is 2.23. The number of ether oxygens (including phenoxy) is 1. The number of nitrogens with one attached hydrogen (secondary N) is 1. The summed E-state index contributed by atoms with van der Waals surface area (Å²) in [7, 11) is 0. The topological polar surface area (TPSA) is 99.2 Å². The fourth-order valence-corrected chi connectivity index (χ4v) is 1.30. The van der Waals surface area contributed by atoms with E-state index >= 15 is 0 Å². The molecule has 19 heavy (non-hydrogen) atoms. The quantitative estimate of drug-likeness (QED) is 0.685. The molecule has 1 aromatic heterocycles. The number of hydrogen-bond donors (Lipinski definition) is 2. The molecular weight excluding hydrogens is 248 g/mol. The standard InChI is InChI=1S/C12H20N4O3/c1-9(2)6-14-11(17)8-16-12(18)5-10(7-15-16)19-4-3-13/h5,7,9H,3-4,6,8,13H2,1-2H3,(H,14,17). The first-order valence-corrected chi connectivity index (χ1v) is 6.19. The Kier molecular flexibility index (Phi) is 6.01. The summed E-state index contributed by atoms with van der Waals surface area (Å²) in [6, 6.07) is 1.29. The second-order valence-corrected chi connectivity index (χ2v) is 4.52. The van der Waals surface area contributed by atoms with Crippen LogP contribution in [0.1, 0.15) is 13.8 Å². The first-order chi connectivity index (χ1) is 9.02. The highest BCUT2D eigenvalue weighted by Gasteiger charge is 2.07. The van der Waals surface area contributed by atoms with Gasteiger partial charge in [-0.05, 0) is 5.92 Å². The van der Waals surface area contributed by atoms with Crippen LogP contribution in [-0.4, -0.2) is 35.4 Å². The predicted octanol–water partition coefficient (Wildman–Crippen LogP) is -0.647. The van der Waals surface area contributed by atoms with Crippen molar-refractivity contribution in [3.63, 3.8) is 0 Å². The van der Waals surface area contributed by atoms with Crippen molar-refractivity contribution in [3.05, 3.63) is 22.6 Å². The predicted molar refractivity (Wildman–Crippen MR) is 70.9 cm³/mol. The molecule has 0 aliphatic rings. The Morgan fingerprint density at radius 2 is 2.32 bits per heavy atom. The van der Waals surface area contributed by atoms with Gasteiger partial charge in [0.15, 0.2) is 0 Å². The highest BCUT2D eigenvalue weighted by molar-refractivity contribution is 5.75. The van der Waals surface area contributed by atoms with Gasteiger partial charge in [-0.3, -0.25) is 9.59 Å². The maximum atomic E-state index is 11.7. The summed E-state index contributed by atoms with van der Waals surface area (Å²) in [5.41, 5.74) is 4.91.